The Balaban J connectivity index is 1.61. The molecule has 0 N–H and O–H groups in total. The van der Waals surface area contributed by atoms with E-state index in [0.717, 1.165) is 44.0 Å². The topological polar surface area (TPSA) is 48.3 Å². The third kappa shape index (κ3) is 4.78. The lowest BCUT2D eigenvalue weighted by molar-refractivity contribution is 0.308. The van der Waals surface area contributed by atoms with Crippen LogP contribution in [0.25, 0.3) is 44.1 Å². The number of nitrogens with zero attached hydrogens (tertiary/aromatic N) is 1. The number of aromatic nitrogens is 1. The lowest BCUT2D eigenvalue weighted by atomic mass is 9.94. The van der Waals surface area contributed by atoms with Crippen molar-refractivity contribution in [2.24, 2.45) is 0 Å². The Morgan fingerprint density at radius 2 is 1.23 bits per heavy atom. The van der Waals surface area contributed by atoms with Gasteiger partial charge < -0.3 is 4.74 Å². The van der Waals surface area contributed by atoms with Crippen LogP contribution in [0, 0.1) is 6.92 Å². The van der Waals surface area contributed by atoms with Crippen LogP contribution in [0.2, 0.25) is 0 Å². The maximum absolute atomic E-state index is 14.7. The summed E-state index contributed by atoms with van der Waals surface area (Å²) in [5.41, 5.74) is 5.71. The molecule has 0 atom stereocenters. The van der Waals surface area contributed by atoms with Crippen molar-refractivity contribution in [1.82, 2.24) is 3.97 Å². The number of hydrogen-bond donors (Lipinski definition) is 0. The lowest BCUT2D eigenvalue weighted by Gasteiger charge is -2.19. The number of fused-ring (bicyclic) bond motifs is 2. The molecular weight excluding hydrogens is 550 g/mol. The zero-order chi connectivity index (χ0) is 29.4. The monoisotopic (exact) mass is 579 g/mol. The first-order valence-corrected chi connectivity index (χ1v) is 15.7. The third-order valence-corrected chi connectivity index (χ3v) is 9.55. The summed E-state index contributed by atoms with van der Waals surface area (Å²) in [7, 11) is -4.04. The minimum atomic E-state index is -4.04. The average molecular weight is 580 g/mol. The highest BCUT2D eigenvalue weighted by molar-refractivity contribution is 7.90. The van der Waals surface area contributed by atoms with Crippen molar-refractivity contribution in [2.45, 2.75) is 18.4 Å². The van der Waals surface area contributed by atoms with Crippen molar-refractivity contribution in [3.8, 4) is 28.1 Å². The van der Waals surface area contributed by atoms with Crippen molar-refractivity contribution < 1.29 is 13.2 Å². The van der Waals surface area contributed by atoms with Crippen molar-refractivity contribution in [1.29, 1.82) is 0 Å². The smallest absolute Gasteiger partial charge is 0.268 e. The van der Waals surface area contributed by atoms with Crippen molar-refractivity contribution in [3.63, 3.8) is 0 Å². The third-order valence-electron chi connectivity index (χ3n) is 7.82. The molecule has 0 radical (unpaired) electrons. The Morgan fingerprint density at radius 1 is 0.605 bits per heavy atom. The van der Waals surface area contributed by atoms with Crippen LogP contribution in [0.3, 0.4) is 0 Å². The van der Waals surface area contributed by atoms with E-state index in [-0.39, 0.29) is 4.90 Å². The molecule has 1 heterocycles. The standard InChI is InChI=1S/C38H29NO3S/c1-27-20-23-31(24-21-27)43(40,41)39-34-19-11-10-18-33(34)36(30-15-6-3-7-16-30)38(39)37-32-17-9-8-14-29(32)22-25-35(37)42-26-28-12-4-2-5-13-28/h2-25H,26H2,1H3. The van der Waals surface area contributed by atoms with E-state index < -0.39 is 10.0 Å². The second-order valence-corrected chi connectivity index (χ2v) is 12.4. The minimum Gasteiger partial charge on any atom is -0.488 e. The molecule has 43 heavy (non-hydrogen) atoms. The molecule has 0 aliphatic heterocycles. The molecule has 7 rings (SSSR count). The number of hydrogen-bond acceptors (Lipinski definition) is 3. The average Bonchev–Trinajstić information content (AvgIpc) is 3.40. The number of rotatable bonds is 7. The van der Waals surface area contributed by atoms with Gasteiger partial charge in [0.05, 0.1) is 16.1 Å². The first-order valence-electron chi connectivity index (χ1n) is 14.2. The number of aryl methyl sites for hydroxylation is 1. The van der Waals surface area contributed by atoms with Crippen LogP contribution in [-0.4, -0.2) is 12.4 Å². The highest BCUT2D eigenvalue weighted by Gasteiger charge is 2.31. The molecule has 0 aliphatic carbocycles. The van der Waals surface area contributed by atoms with Gasteiger partial charge in [-0.1, -0.05) is 127 Å². The van der Waals surface area contributed by atoms with Crippen molar-refractivity contribution in [2.75, 3.05) is 0 Å². The molecule has 7 aromatic rings. The summed E-state index contributed by atoms with van der Waals surface area (Å²) in [6.07, 6.45) is 0. The molecular formula is C38H29NO3S. The lowest BCUT2D eigenvalue weighted by Crippen LogP contribution is -2.15. The fraction of sp³-hybridized carbons (Fsp3) is 0.0526. The molecule has 0 saturated carbocycles. The van der Waals surface area contributed by atoms with E-state index in [9.17, 15) is 8.42 Å². The van der Waals surface area contributed by atoms with Gasteiger partial charge in [0, 0.05) is 16.5 Å². The summed E-state index contributed by atoms with van der Waals surface area (Å²) in [5.74, 6) is 0.614. The Hall–Kier alpha value is -5.13. The predicted octanol–water partition coefficient (Wildman–Crippen LogP) is 9.25. The van der Waals surface area contributed by atoms with Gasteiger partial charge >= 0.3 is 0 Å². The van der Waals surface area contributed by atoms with Gasteiger partial charge in [-0.3, -0.25) is 0 Å². The Labute approximate surface area is 251 Å². The van der Waals surface area contributed by atoms with Crippen LogP contribution in [0.5, 0.6) is 5.75 Å². The van der Waals surface area contributed by atoms with Crippen LogP contribution in [0.1, 0.15) is 11.1 Å². The highest BCUT2D eigenvalue weighted by atomic mass is 32.2. The van der Waals surface area contributed by atoms with Crippen LogP contribution >= 0.6 is 0 Å². The second-order valence-electron chi connectivity index (χ2n) is 10.6. The van der Waals surface area contributed by atoms with Crippen LogP contribution in [-0.2, 0) is 16.6 Å². The van der Waals surface area contributed by atoms with Gasteiger partial charge in [0.25, 0.3) is 10.0 Å². The van der Waals surface area contributed by atoms with Crippen molar-refractivity contribution in [3.05, 3.63) is 157 Å². The molecule has 0 fully saturated rings. The van der Waals surface area contributed by atoms with Crippen LogP contribution < -0.4 is 4.74 Å². The molecule has 0 saturated heterocycles. The van der Waals surface area contributed by atoms with E-state index in [4.69, 9.17) is 4.74 Å². The summed E-state index contributed by atoms with van der Waals surface area (Å²) in [5, 5.41) is 2.75. The van der Waals surface area contributed by atoms with Crippen LogP contribution in [0.15, 0.2) is 150 Å². The molecule has 5 heteroatoms. The highest BCUT2D eigenvalue weighted by Crippen LogP contribution is 2.48. The first kappa shape index (κ1) is 26.7. The van der Waals surface area contributed by atoms with Gasteiger partial charge in [-0.25, -0.2) is 12.4 Å². The summed E-state index contributed by atoms with van der Waals surface area (Å²) in [6, 6.07) is 46.8. The van der Waals surface area contributed by atoms with E-state index in [1.807, 2.05) is 140 Å². The number of benzene rings is 6. The van der Waals surface area contributed by atoms with E-state index >= 15 is 0 Å². The maximum atomic E-state index is 14.7. The molecule has 0 bridgehead atoms. The Morgan fingerprint density at radius 3 is 1.98 bits per heavy atom. The molecule has 210 valence electrons. The SMILES string of the molecule is Cc1ccc(S(=O)(=O)n2c(-c3c(OCc4ccccc4)ccc4ccccc34)c(-c3ccccc3)c3ccccc32)cc1. The van der Waals surface area contributed by atoms with E-state index in [2.05, 4.69) is 0 Å². The summed E-state index contributed by atoms with van der Waals surface area (Å²) in [6.45, 7) is 2.30. The van der Waals surface area contributed by atoms with Crippen LogP contribution in [0.4, 0.5) is 0 Å². The molecule has 0 amide bonds. The molecule has 0 spiro atoms. The van der Waals surface area contributed by atoms with Crippen molar-refractivity contribution >= 4 is 31.7 Å². The van der Waals surface area contributed by atoms with E-state index in [1.165, 1.54) is 3.97 Å². The molecule has 0 unspecified atom stereocenters. The second kappa shape index (κ2) is 10.9. The van der Waals surface area contributed by atoms with E-state index in [0.29, 0.717) is 23.6 Å². The van der Waals surface area contributed by atoms with Gasteiger partial charge in [-0.15, -0.1) is 0 Å². The van der Waals surface area contributed by atoms with Gasteiger partial charge in [-0.2, -0.15) is 0 Å². The zero-order valence-electron chi connectivity index (χ0n) is 23.6. The summed E-state index contributed by atoms with van der Waals surface area (Å²) >= 11 is 0. The molecule has 0 aliphatic rings. The first-order chi connectivity index (χ1) is 21.0. The largest absolute Gasteiger partial charge is 0.488 e. The fourth-order valence-corrected chi connectivity index (χ4v) is 7.28. The quantitative estimate of drug-likeness (QED) is 0.189. The summed E-state index contributed by atoms with van der Waals surface area (Å²) < 4.78 is 37.6. The molecule has 6 aromatic carbocycles. The minimum absolute atomic E-state index is 0.228. The fourth-order valence-electron chi connectivity index (χ4n) is 5.75. The number of ether oxygens (including phenoxy) is 1. The van der Waals surface area contributed by atoms with Gasteiger partial charge in [0.2, 0.25) is 0 Å². The van der Waals surface area contributed by atoms with Gasteiger partial charge in [0.15, 0.2) is 0 Å². The maximum Gasteiger partial charge on any atom is 0.268 e. The Bertz CT molecular complexity index is 2180. The van der Waals surface area contributed by atoms with Gasteiger partial charge in [0.1, 0.15) is 12.4 Å². The number of para-hydroxylation sites is 1. The molecule has 1 aromatic heterocycles. The zero-order valence-corrected chi connectivity index (χ0v) is 24.5. The van der Waals surface area contributed by atoms with E-state index in [1.54, 1.807) is 12.1 Å². The Kier molecular flexibility index (Phi) is 6.80. The predicted molar refractivity (Wildman–Crippen MR) is 175 cm³/mol. The molecule has 4 nitrogen and oxygen atoms in total. The summed E-state index contributed by atoms with van der Waals surface area (Å²) in [4.78, 5) is 0.228. The normalized spacial score (nSPS) is 11.7. The van der Waals surface area contributed by atoms with Gasteiger partial charge in [-0.05, 0) is 53.1 Å².